The van der Waals surface area contributed by atoms with Crippen LogP contribution in [0.5, 0.6) is 5.75 Å². The van der Waals surface area contributed by atoms with Crippen molar-refractivity contribution in [2.75, 3.05) is 0 Å². The molecule has 0 aliphatic heterocycles. The Hall–Kier alpha value is -3.80. The molecular formula is C24H23NO5. The molecule has 0 bridgehead atoms. The Balaban J connectivity index is 1.62. The fourth-order valence-corrected chi connectivity index (χ4v) is 2.80. The molecule has 3 rings (SSSR count). The molecule has 3 aromatic carbocycles. The summed E-state index contributed by atoms with van der Waals surface area (Å²) in [7, 11) is 0. The number of amides is 1. The molecule has 6 heteroatoms. The molecule has 30 heavy (non-hydrogen) atoms. The van der Waals surface area contributed by atoms with Crippen molar-refractivity contribution in [1.82, 2.24) is 5.32 Å². The summed E-state index contributed by atoms with van der Waals surface area (Å²) in [4.78, 5) is 24.9. The lowest BCUT2D eigenvalue weighted by Crippen LogP contribution is -2.43. The number of carbonyl (C=O) groups excluding carboxylic acids is 2. The number of esters is 1. The minimum atomic E-state index is -0.929. The zero-order chi connectivity index (χ0) is 21.2. The maximum atomic E-state index is 12.7. The van der Waals surface area contributed by atoms with Crippen molar-refractivity contribution in [2.24, 2.45) is 0 Å². The molecule has 154 valence electrons. The van der Waals surface area contributed by atoms with E-state index in [1.54, 1.807) is 12.1 Å². The number of hydrogen-bond donors (Lipinski definition) is 2. The van der Waals surface area contributed by atoms with E-state index < -0.39 is 18.1 Å². The van der Waals surface area contributed by atoms with Gasteiger partial charge in [0.2, 0.25) is 0 Å². The quantitative estimate of drug-likeness (QED) is 0.554. The van der Waals surface area contributed by atoms with Gasteiger partial charge in [0, 0.05) is 6.42 Å². The summed E-state index contributed by atoms with van der Waals surface area (Å²) in [6.45, 7) is 0.199. The Morgan fingerprint density at radius 2 is 1.27 bits per heavy atom. The summed E-state index contributed by atoms with van der Waals surface area (Å²) in [5.74, 6) is -0.444. The molecule has 0 fully saturated rings. The SMILES string of the molecule is O=C(NC(Cc1ccc(O)cc1)C(=O)OCc1ccccc1)OCc1ccccc1. The molecule has 1 atom stereocenters. The third kappa shape index (κ3) is 6.67. The number of nitrogens with one attached hydrogen (secondary N) is 1. The van der Waals surface area contributed by atoms with E-state index in [2.05, 4.69) is 5.32 Å². The minimum Gasteiger partial charge on any atom is -0.508 e. The van der Waals surface area contributed by atoms with Gasteiger partial charge in [-0.3, -0.25) is 0 Å². The van der Waals surface area contributed by atoms with Crippen LogP contribution in [0.2, 0.25) is 0 Å². The number of phenolic OH excluding ortho intramolecular Hbond substituents is 1. The van der Waals surface area contributed by atoms with E-state index in [4.69, 9.17) is 9.47 Å². The number of carbonyl (C=O) groups is 2. The summed E-state index contributed by atoms with van der Waals surface area (Å²) < 4.78 is 10.6. The van der Waals surface area contributed by atoms with Crippen molar-refractivity contribution in [1.29, 1.82) is 0 Å². The fraction of sp³-hybridized carbons (Fsp3) is 0.167. The van der Waals surface area contributed by atoms with Gasteiger partial charge in [0.1, 0.15) is 25.0 Å². The van der Waals surface area contributed by atoms with Crippen molar-refractivity contribution in [3.8, 4) is 5.75 Å². The molecule has 1 amide bonds. The predicted octanol–water partition coefficient (Wildman–Crippen LogP) is 3.97. The molecule has 6 nitrogen and oxygen atoms in total. The number of aromatic hydroxyl groups is 1. The van der Waals surface area contributed by atoms with Crippen LogP contribution in [0, 0.1) is 0 Å². The average Bonchev–Trinajstić information content (AvgIpc) is 2.78. The molecule has 0 saturated carbocycles. The van der Waals surface area contributed by atoms with E-state index in [-0.39, 0.29) is 25.4 Å². The van der Waals surface area contributed by atoms with Crippen molar-refractivity contribution >= 4 is 12.1 Å². The predicted molar refractivity (Wildman–Crippen MR) is 112 cm³/mol. The summed E-state index contributed by atoms with van der Waals surface area (Å²) in [6, 6.07) is 24.0. The number of hydrogen-bond acceptors (Lipinski definition) is 5. The first kappa shape index (κ1) is 20.9. The van der Waals surface area contributed by atoms with Gasteiger partial charge in [-0.2, -0.15) is 0 Å². The second-order valence-corrected chi connectivity index (χ2v) is 6.72. The van der Waals surface area contributed by atoms with Crippen LogP contribution in [0.15, 0.2) is 84.9 Å². The maximum Gasteiger partial charge on any atom is 0.408 e. The normalized spacial score (nSPS) is 11.3. The van der Waals surface area contributed by atoms with E-state index in [9.17, 15) is 14.7 Å². The lowest BCUT2D eigenvalue weighted by molar-refractivity contribution is -0.147. The van der Waals surface area contributed by atoms with Gasteiger partial charge in [0.25, 0.3) is 0 Å². The maximum absolute atomic E-state index is 12.7. The Bertz CT molecular complexity index is 942. The highest BCUT2D eigenvalue weighted by Crippen LogP contribution is 2.13. The molecular weight excluding hydrogens is 382 g/mol. The van der Waals surface area contributed by atoms with Crippen molar-refractivity contribution < 1.29 is 24.2 Å². The standard InChI is InChI=1S/C24H23NO5/c26-21-13-11-18(12-14-21)15-22(23(27)29-16-19-7-3-1-4-8-19)25-24(28)30-17-20-9-5-2-6-10-20/h1-14,22,26H,15-17H2,(H,25,28). The number of alkyl carbamates (subject to hydrolysis) is 1. The Morgan fingerprint density at radius 1 is 0.733 bits per heavy atom. The molecule has 3 aromatic rings. The number of rotatable bonds is 8. The number of ether oxygens (including phenoxy) is 2. The summed E-state index contributed by atoms with van der Waals surface area (Å²) in [5.41, 5.74) is 2.45. The summed E-state index contributed by atoms with van der Waals surface area (Å²) in [5, 5.41) is 12.0. The van der Waals surface area contributed by atoms with Gasteiger partial charge in [-0.15, -0.1) is 0 Å². The molecule has 0 spiro atoms. The second kappa shape index (κ2) is 10.7. The number of phenols is 1. The molecule has 0 saturated heterocycles. The van der Waals surface area contributed by atoms with Gasteiger partial charge in [0.05, 0.1) is 0 Å². The van der Waals surface area contributed by atoms with E-state index in [0.717, 1.165) is 16.7 Å². The Labute approximate surface area is 175 Å². The van der Waals surface area contributed by atoms with Crippen LogP contribution in [-0.4, -0.2) is 23.2 Å². The first-order valence-electron chi connectivity index (χ1n) is 9.56. The Morgan fingerprint density at radius 3 is 1.83 bits per heavy atom. The highest BCUT2D eigenvalue weighted by Gasteiger charge is 2.24. The largest absolute Gasteiger partial charge is 0.508 e. The van der Waals surface area contributed by atoms with Gasteiger partial charge in [-0.1, -0.05) is 72.8 Å². The lowest BCUT2D eigenvalue weighted by Gasteiger charge is -2.18. The Kier molecular flexibility index (Phi) is 7.44. The molecule has 1 unspecified atom stereocenters. The zero-order valence-electron chi connectivity index (χ0n) is 16.4. The first-order chi connectivity index (χ1) is 14.6. The summed E-state index contributed by atoms with van der Waals surface area (Å²) in [6.07, 6.45) is -0.506. The molecule has 0 radical (unpaired) electrons. The zero-order valence-corrected chi connectivity index (χ0v) is 16.4. The number of benzene rings is 3. The topological polar surface area (TPSA) is 84.9 Å². The van der Waals surface area contributed by atoms with Crippen molar-refractivity contribution in [2.45, 2.75) is 25.7 Å². The third-order valence-electron chi connectivity index (χ3n) is 4.39. The van der Waals surface area contributed by atoms with Crippen LogP contribution in [0.25, 0.3) is 0 Å². The van der Waals surface area contributed by atoms with Crippen LogP contribution in [0.4, 0.5) is 4.79 Å². The van der Waals surface area contributed by atoms with Gasteiger partial charge in [0.15, 0.2) is 0 Å². The van der Waals surface area contributed by atoms with Crippen LogP contribution in [-0.2, 0) is 33.9 Å². The van der Waals surface area contributed by atoms with Crippen LogP contribution >= 0.6 is 0 Å². The molecule has 2 N–H and O–H groups in total. The minimum absolute atomic E-state index is 0.0949. The molecule has 0 aromatic heterocycles. The van der Waals surface area contributed by atoms with E-state index >= 15 is 0 Å². The van der Waals surface area contributed by atoms with Crippen molar-refractivity contribution in [3.63, 3.8) is 0 Å². The second-order valence-electron chi connectivity index (χ2n) is 6.72. The average molecular weight is 405 g/mol. The van der Waals surface area contributed by atoms with Gasteiger partial charge in [-0.25, -0.2) is 9.59 Å². The highest BCUT2D eigenvalue weighted by molar-refractivity contribution is 5.81. The van der Waals surface area contributed by atoms with Gasteiger partial charge >= 0.3 is 12.1 Å². The fourth-order valence-electron chi connectivity index (χ4n) is 2.80. The molecule has 0 aliphatic carbocycles. The monoisotopic (exact) mass is 405 g/mol. The van der Waals surface area contributed by atoms with E-state index in [1.807, 2.05) is 60.7 Å². The van der Waals surface area contributed by atoms with Crippen LogP contribution in [0.1, 0.15) is 16.7 Å². The summed E-state index contributed by atoms with van der Waals surface area (Å²) >= 11 is 0. The van der Waals surface area contributed by atoms with Crippen LogP contribution in [0.3, 0.4) is 0 Å². The third-order valence-corrected chi connectivity index (χ3v) is 4.39. The highest BCUT2D eigenvalue weighted by atomic mass is 16.6. The smallest absolute Gasteiger partial charge is 0.408 e. The first-order valence-corrected chi connectivity index (χ1v) is 9.56. The van der Waals surface area contributed by atoms with Crippen LogP contribution < -0.4 is 5.32 Å². The van der Waals surface area contributed by atoms with Gasteiger partial charge < -0.3 is 19.9 Å². The lowest BCUT2D eigenvalue weighted by atomic mass is 10.1. The van der Waals surface area contributed by atoms with Crippen molar-refractivity contribution in [3.05, 3.63) is 102 Å². The van der Waals surface area contributed by atoms with Gasteiger partial charge in [-0.05, 0) is 28.8 Å². The van der Waals surface area contributed by atoms with E-state index in [1.165, 1.54) is 12.1 Å². The molecule has 0 heterocycles. The molecule has 0 aliphatic rings. The van der Waals surface area contributed by atoms with E-state index in [0.29, 0.717) is 0 Å².